The maximum absolute atomic E-state index is 10.9. The maximum Gasteiger partial charge on any atom is 0.351 e. The number of aliphatic imine (C=N–C) groups is 1. The zero-order valence-electron chi connectivity index (χ0n) is 10.2. The summed E-state index contributed by atoms with van der Waals surface area (Å²) in [4.78, 5) is 26.1. The molecule has 0 saturated heterocycles. The molecule has 2 rings (SSSR count). The summed E-state index contributed by atoms with van der Waals surface area (Å²) >= 11 is 1.23. The Morgan fingerprint density at radius 3 is 2.70 bits per heavy atom. The lowest BCUT2D eigenvalue weighted by Crippen LogP contribution is -2.32. The average molecular weight is 296 g/mol. The van der Waals surface area contributed by atoms with Crippen molar-refractivity contribution in [2.45, 2.75) is 17.4 Å². The van der Waals surface area contributed by atoms with E-state index in [1.165, 1.54) is 17.8 Å². The van der Waals surface area contributed by atoms with Gasteiger partial charge < -0.3 is 21.1 Å². The fourth-order valence-corrected chi connectivity index (χ4v) is 2.75. The van der Waals surface area contributed by atoms with Gasteiger partial charge in [-0.25, -0.2) is 9.79 Å². The van der Waals surface area contributed by atoms with Crippen molar-refractivity contribution >= 4 is 35.1 Å². The molecule has 1 heterocycles. The lowest BCUT2D eigenvalue weighted by molar-refractivity contribution is -0.138. The molecule has 0 amide bonds. The Bertz CT molecular complexity index is 614. The average Bonchev–Trinajstić information content (AvgIpc) is 2.38. The van der Waals surface area contributed by atoms with Gasteiger partial charge in [-0.2, -0.15) is 0 Å². The van der Waals surface area contributed by atoms with E-state index in [-0.39, 0.29) is 29.3 Å². The number of hydrogen-bond acceptors (Lipinski definition) is 6. The lowest BCUT2D eigenvalue weighted by Gasteiger charge is -2.16. The number of thioether (sulfide) groups is 1. The number of nitrogens with zero attached hydrogens (tertiary/aromatic N) is 1. The predicted molar refractivity (Wildman–Crippen MR) is 72.9 cm³/mol. The van der Waals surface area contributed by atoms with E-state index in [1.54, 1.807) is 6.07 Å². The second kappa shape index (κ2) is 5.51. The number of carboxylic acids is 2. The third kappa shape index (κ3) is 2.91. The zero-order chi connectivity index (χ0) is 14.9. The van der Waals surface area contributed by atoms with Crippen LogP contribution in [0.15, 0.2) is 22.0 Å². The first-order valence-electron chi connectivity index (χ1n) is 5.66. The van der Waals surface area contributed by atoms with Crippen LogP contribution in [0.25, 0.3) is 0 Å². The highest BCUT2D eigenvalue weighted by Gasteiger charge is 2.22. The van der Waals surface area contributed by atoms with Crippen LogP contribution >= 0.6 is 11.8 Å². The van der Waals surface area contributed by atoms with Crippen molar-refractivity contribution in [3.05, 3.63) is 17.7 Å². The Morgan fingerprint density at radius 1 is 1.40 bits per heavy atom. The molecule has 1 aliphatic heterocycles. The number of benzene rings is 1. The topological polar surface area (TPSA) is 133 Å². The van der Waals surface area contributed by atoms with Crippen LogP contribution in [-0.2, 0) is 16.0 Å². The van der Waals surface area contributed by atoms with E-state index in [9.17, 15) is 14.7 Å². The third-order valence-electron chi connectivity index (χ3n) is 2.75. The van der Waals surface area contributed by atoms with Crippen molar-refractivity contribution < 1.29 is 24.9 Å². The number of nitrogens with two attached hydrogens (primary N) is 1. The second-order valence-electron chi connectivity index (χ2n) is 4.26. The molecule has 1 aromatic carbocycles. The van der Waals surface area contributed by atoms with Crippen LogP contribution in [-0.4, -0.2) is 44.8 Å². The monoisotopic (exact) mass is 296 g/mol. The van der Waals surface area contributed by atoms with Gasteiger partial charge in [0.1, 0.15) is 23.2 Å². The Balaban J connectivity index is 2.34. The molecule has 1 atom stereocenters. The van der Waals surface area contributed by atoms with Crippen molar-refractivity contribution in [3.63, 3.8) is 0 Å². The van der Waals surface area contributed by atoms with Crippen LogP contribution in [0.2, 0.25) is 0 Å². The fraction of sp³-hybridized carbons (Fsp3) is 0.250. The zero-order valence-corrected chi connectivity index (χ0v) is 11.1. The quantitative estimate of drug-likeness (QED) is 0.639. The van der Waals surface area contributed by atoms with E-state index < -0.39 is 18.0 Å². The number of aromatic hydroxyl groups is 1. The van der Waals surface area contributed by atoms with Crippen molar-refractivity contribution in [3.8, 4) is 5.75 Å². The minimum atomic E-state index is -1.13. The first-order valence-corrected chi connectivity index (χ1v) is 6.65. The predicted octanol–water partition coefficient (Wildman–Crippen LogP) is 0.609. The van der Waals surface area contributed by atoms with E-state index in [0.717, 1.165) is 0 Å². The summed E-state index contributed by atoms with van der Waals surface area (Å²) in [7, 11) is 0. The van der Waals surface area contributed by atoms with Crippen LogP contribution in [0.4, 0.5) is 5.69 Å². The first-order chi connectivity index (χ1) is 9.38. The molecular formula is C12H12N2O5S. The largest absolute Gasteiger partial charge is 0.506 e. The molecule has 7 nitrogen and oxygen atoms in total. The Morgan fingerprint density at radius 2 is 2.10 bits per heavy atom. The highest BCUT2D eigenvalue weighted by atomic mass is 32.2. The number of rotatable bonds is 4. The normalized spacial score (nSPS) is 15.2. The summed E-state index contributed by atoms with van der Waals surface area (Å²) in [5, 5.41) is 27.5. The summed E-state index contributed by atoms with van der Waals surface area (Å²) in [6.45, 7) is 0. The van der Waals surface area contributed by atoms with Crippen LogP contribution in [0.1, 0.15) is 5.56 Å². The second-order valence-corrected chi connectivity index (χ2v) is 5.28. The molecular weight excluding hydrogens is 284 g/mol. The summed E-state index contributed by atoms with van der Waals surface area (Å²) in [5.41, 5.74) is 6.18. The minimum absolute atomic E-state index is 0.0345. The van der Waals surface area contributed by atoms with Crippen molar-refractivity contribution in [1.29, 1.82) is 0 Å². The van der Waals surface area contributed by atoms with Crippen LogP contribution in [0, 0.1) is 0 Å². The van der Waals surface area contributed by atoms with Gasteiger partial charge in [-0.3, -0.25) is 4.79 Å². The summed E-state index contributed by atoms with van der Waals surface area (Å²) < 4.78 is 0. The van der Waals surface area contributed by atoms with Gasteiger partial charge in [-0.1, -0.05) is 0 Å². The smallest absolute Gasteiger partial charge is 0.351 e. The molecule has 8 heteroatoms. The van der Waals surface area contributed by atoms with Gasteiger partial charge in [0.15, 0.2) is 0 Å². The summed E-state index contributed by atoms with van der Waals surface area (Å²) in [6.07, 6.45) is 0.0756. The Labute approximate surface area is 118 Å². The molecule has 0 saturated carbocycles. The molecule has 106 valence electrons. The van der Waals surface area contributed by atoms with E-state index in [0.29, 0.717) is 10.5 Å². The van der Waals surface area contributed by atoms with Gasteiger partial charge >= 0.3 is 11.9 Å². The number of carbonyl (C=O) groups is 2. The molecule has 0 radical (unpaired) electrons. The van der Waals surface area contributed by atoms with Crippen LogP contribution < -0.4 is 5.73 Å². The number of phenols is 1. The van der Waals surface area contributed by atoms with Crippen molar-refractivity contribution in [1.82, 2.24) is 0 Å². The van der Waals surface area contributed by atoms with E-state index in [4.69, 9.17) is 15.9 Å². The van der Waals surface area contributed by atoms with Crippen LogP contribution in [0.3, 0.4) is 0 Å². The Hall–Kier alpha value is -2.06. The third-order valence-corrected chi connectivity index (χ3v) is 3.79. The van der Waals surface area contributed by atoms with Gasteiger partial charge in [-0.15, -0.1) is 11.8 Å². The molecule has 0 fully saturated rings. The molecule has 0 aliphatic carbocycles. The number of aliphatic carboxylic acids is 2. The summed E-state index contributed by atoms with van der Waals surface area (Å²) in [5.74, 6) is -2.24. The Kier molecular flexibility index (Phi) is 3.96. The molecule has 0 aromatic heterocycles. The van der Waals surface area contributed by atoms with Gasteiger partial charge in [0.2, 0.25) is 0 Å². The minimum Gasteiger partial charge on any atom is -0.506 e. The van der Waals surface area contributed by atoms with E-state index >= 15 is 0 Å². The standard InChI is InChI=1S/C12H12N2O5S/c13-6(11(16)17)1-5-2-8(15)10-9(3-5)20-4-7(14-10)12(18)19/h2-3,6,15H,1,4,13H2,(H,16,17)(H,18,19). The SMILES string of the molecule is NC(Cc1cc(O)c2c(c1)SCC(C(=O)O)=N2)C(=O)O. The number of carboxylic acid groups (broad SMARTS) is 2. The van der Waals surface area contributed by atoms with E-state index in [2.05, 4.69) is 4.99 Å². The molecule has 20 heavy (non-hydrogen) atoms. The van der Waals surface area contributed by atoms with Crippen molar-refractivity contribution in [2.75, 3.05) is 5.75 Å². The van der Waals surface area contributed by atoms with Crippen molar-refractivity contribution in [2.24, 2.45) is 10.7 Å². The first kappa shape index (κ1) is 14.4. The van der Waals surface area contributed by atoms with Crippen LogP contribution in [0.5, 0.6) is 5.75 Å². The molecule has 0 bridgehead atoms. The molecule has 5 N–H and O–H groups in total. The fourth-order valence-electron chi connectivity index (χ4n) is 1.75. The molecule has 1 aromatic rings. The highest BCUT2D eigenvalue weighted by Crippen LogP contribution is 2.41. The van der Waals surface area contributed by atoms with Gasteiger partial charge in [0.05, 0.1) is 0 Å². The number of phenolic OH excluding ortho intramolecular Hbond substituents is 1. The molecule has 1 aliphatic rings. The van der Waals surface area contributed by atoms with E-state index in [1.807, 2.05) is 0 Å². The van der Waals surface area contributed by atoms with Gasteiger partial charge in [0.25, 0.3) is 0 Å². The number of fused-ring (bicyclic) bond motifs is 1. The molecule has 1 unspecified atom stereocenters. The van der Waals surface area contributed by atoms with Gasteiger partial charge in [0, 0.05) is 10.6 Å². The lowest BCUT2D eigenvalue weighted by atomic mass is 10.1. The molecule has 0 spiro atoms. The maximum atomic E-state index is 10.9. The number of hydrogen-bond donors (Lipinski definition) is 4. The van der Waals surface area contributed by atoms with Gasteiger partial charge in [-0.05, 0) is 24.1 Å². The summed E-state index contributed by atoms with van der Waals surface area (Å²) in [6, 6.07) is 1.97. The highest BCUT2D eigenvalue weighted by molar-refractivity contribution is 8.00.